The molecule has 0 aliphatic heterocycles. The van der Waals surface area contributed by atoms with Crippen LogP contribution in [0.3, 0.4) is 0 Å². The highest BCUT2D eigenvalue weighted by atomic mass is 32.2. The van der Waals surface area contributed by atoms with E-state index in [-0.39, 0.29) is 5.91 Å². The Balaban J connectivity index is 1.89. The van der Waals surface area contributed by atoms with Crippen LogP contribution < -0.4 is 10.6 Å². The molecule has 1 aromatic heterocycles. The second kappa shape index (κ2) is 6.00. The topological polar surface area (TPSA) is 102 Å². The van der Waals surface area contributed by atoms with Crippen molar-refractivity contribution in [1.29, 1.82) is 0 Å². The molecular formula is C10H16N6O2S. The SMILES string of the molecule is CCNC(=O)NC(=O)[C@@H](C)Sc1nnnn1C1CC1. The van der Waals surface area contributed by atoms with Gasteiger partial charge in [0, 0.05) is 6.54 Å². The number of amides is 3. The van der Waals surface area contributed by atoms with Crippen LogP contribution in [0.1, 0.15) is 32.7 Å². The number of aromatic nitrogens is 4. The van der Waals surface area contributed by atoms with Crippen molar-refractivity contribution < 1.29 is 9.59 Å². The summed E-state index contributed by atoms with van der Waals surface area (Å²) in [5.41, 5.74) is 0. The van der Waals surface area contributed by atoms with E-state index in [2.05, 4.69) is 26.2 Å². The molecule has 0 spiro atoms. The number of nitrogens with zero attached hydrogens (tertiary/aromatic N) is 4. The van der Waals surface area contributed by atoms with E-state index in [0.29, 0.717) is 17.7 Å². The molecule has 9 heteroatoms. The third kappa shape index (κ3) is 3.66. The van der Waals surface area contributed by atoms with Crippen LogP contribution in [0.25, 0.3) is 0 Å². The lowest BCUT2D eigenvalue weighted by Crippen LogP contribution is -2.42. The van der Waals surface area contributed by atoms with Crippen molar-refractivity contribution in [2.45, 2.75) is 43.1 Å². The summed E-state index contributed by atoms with van der Waals surface area (Å²) in [6, 6.07) is -0.127. The van der Waals surface area contributed by atoms with E-state index in [1.54, 1.807) is 18.5 Å². The summed E-state index contributed by atoms with van der Waals surface area (Å²) in [5, 5.41) is 16.4. The summed E-state index contributed by atoms with van der Waals surface area (Å²) < 4.78 is 1.74. The molecule has 0 saturated heterocycles. The average Bonchev–Trinajstić information content (AvgIpc) is 3.10. The number of carbonyl (C=O) groups is 2. The molecule has 0 unspecified atom stereocenters. The molecule has 1 aliphatic carbocycles. The standard InChI is InChI=1S/C10H16N6O2S/c1-3-11-9(18)12-8(17)6(2)19-10-13-14-15-16(10)7-4-5-7/h6-7H,3-5H2,1-2H3,(H2,11,12,17,18)/t6-/m1/s1. The molecule has 2 N–H and O–H groups in total. The van der Waals surface area contributed by atoms with Gasteiger partial charge in [0.05, 0.1) is 11.3 Å². The molecule has 0 radical (unpaired) electrons. The van der Waals surface area contributed by atoms with Crippen LogP contribution in [0.2, 0.25) is 0 Å². The predicted octanol–water partition coefficient (Wildman–Crippen LogP) is 0.334. The first-order valence-electron chi connectivity index (χ1n) is 6.15. The van der Waals surface area contributed by atoms with Gasteiger partial charge in [0.15, 0.2) is 0 Å². The van der Waals surface area contributed by atoms with Crippen molar-refractivity contribution in [3.05, 3.63) is 0 Å². The lowest BCUT2D eigenvalue weighted by Gasteiger charge is -2.10. The van der Waals surface area contributed by atoms with Gasteiger partial charge in [-0.25, -0.2) is 9.48 Å². The minimum atomic E-state index is -0.485. The van der Waals surface area contributed by atoms with Crippen LogP contribution in [-0.2, 0) is 4.79 Å². The lowest BCUT2D eigenvalue weighted by molar-refractivity contribution is -0.119. The van der Waals surface area contributed by atoms with Crippen LogP contribution in [-0.4, -0.2) is 43.9 Å². The van der Waals surface area contributed by atoms with E-state index in [1.165, 1.54) is 11.8 Å². The zero-order valence-corrected chi connectivity index (χ0v) is 11.6. The number of tetrazole rings is 1. The molecular weight excluding hydrogens is 268 g/mol. The Bertz CT molecular complexity index is 472. The van der Waals surface area contributed by atoms with Crippen molar-refractivity contribution in [1.82, 2.24) is 30.8 Å². The summed E-state index contributed by atoms with van der Waals surface area (Å²) in [6.45, 7) is 3.97. The Labute approximate surface area is 114 Å². The molecule has 1 aromatic rings. The van der Waals surface area contributed by atoms with Gasteiger partial charge < -0.3 is 5.32 Å². The van der Waals surface area contributed by atoms with Gasteiger partial charge in [-0.3, -0.25) is 10.1 Å². The van der Waals surface area contributed by atoms with Crippen molar-refractivity contribution in [3.63, 3.8) is 0 Å². The third-order valence-corrected chi connectivity index (χ3v) is 3.63. The molecule has 0 aromatic carbocycles. The van der Waals surface area contributed by atoms with Crippen molar-refractivity contribution >= 4 is 23.7 Å². The fourth-order valence-corrected chi connectivity index (χ4v) is 2.30. The Morgan fingerprint density at radius 3 is 2.89 bits per heavy atom. The number of rotatable bonds is 5. The lowest BCUT2D eigenvalue weighted by atomic mass is 10.4. The molecule has 19 heavy (non-hydrogen) atoms. The first-order valence-corrected chi connectivity index (χ1v) is 7.03. The van der Waals surface area contributed by atoms with Gasteiger partial charge in [0.1, 0.15) is 0 Å². The van der Waals surface area contributed by atoms with E-state index in [9.17, 15) is 9.59 Å². The molecule has 1 heterocycles. The highest BCUT2D eigenvalue weighted by Gasteiger charge is 2.29. The fourth-order valence-electron chi connectivity index (χ4n) is 1.44. The first-order chi connectivity index (χ1) is 9.11. The number of carbonyl (C=O) groups excluding carboxylic acids is 2. The zero-order chi connectivity index (χ0) is 13.8. The third-order valence-electron chi connectivity index (χ3n) is 2.58. The highest BCUT2D eigenvalue weighted by Crippen LogP contribution is 2.37. The van der Waals surface area contributed by atoms with E-state index in [4.69, 9.17) is 0 Å². The van der Waals surface area contributed by atoms with Crippen LogP contribution >= 0.6 is 11.8 Å². The molecule has 0 bridgehead atoms. The van der Waals surface area contributed by atoms with E-state index in [1.807, 2.05) is 0 Å². The largest absolute Gasteiger partial charge is 0.338 e. The summed E-state index contributed by atoms with van der Waals surface area (Å²) in [7, 11) is 0. The predicted molar refractivity (Wildman–Crippen MR) is 68.6 cm³/mol. The highest BCUT2D eigenvalue weighted by molar-refractivity contribution is 8.00. The Kier molecular flexibility index (Phi) is 4.35. The maximum absolute atomic E-state index is 11.8. The summed E-state index contributed by atoms with van der Waals surface area (Å²) in [4.78, 5) is 23.0. The van der Waals surface area contributed by atoms with Crippen molar-refractivity contribution in [2.24, 2.45) is 0 Å². The maximum atomic E-state index is 11.8. The Morgan fingerprint density at radius 2 is 2.26 bits per heavy atom. The molecule has 1 fully saturated rings. The molecule has 1 atom stereocenters. The number of thioether (sulfide) groups is 1. The fraction of sp³-hybridized carbons (Fsp3) is 0.700. The molecule has 2 rings (SSSR count). The quantitative estimate of drug-likeness (QED) is 0.756. The van der Waals surface area contributed by atoms with Gasteiger partial charge >= 0.3 is 6.03 Å². The number of hydrogen-bond donors (Lipinski definition) is 2. The molecule has 1 saturated carbocycles. The molecule has 104 valence electrons. The summed E-state index contributed by atoms with van der Waals surface area (Å²) in [5.74, 6) is -0.360. The van der Waals surface area contributed by atoms with Gasteiger partial charge in [0.25, 0.3) is 0 Å². The monoisotopic (exact) mass is 284 g/mol. The molecule has 3 amide bonds. The minimum Gasteiger partial charge on any atom is -0.338 e. The van der Waals surface area contributed by atoms with Crippen LogP contribution in [0, 0.1) is 0 Å². The van der Waals surface area contributed by atoms with Gasteiger partial charge in [-0.05, 0) is 37.1 Å². The smallest absolute Gasteiger partial charge is 0.321 e. The average molecular weight is 284 g/mol. The van der Waals surface area contributed by atoms with Crippen LogP contribution in [0.5, 0.6) is 0 Å². The van der Waals surface area contributed by atoms with Crippen molar-refractivity contribution in [2.75, 3.05) is 6.54 Å². The van der Waals surface area contributed by atoms with Gasteiger partial charge in [-0.15, -0.1) is 5.10 Å². The van der Waals surface area contributed by atoms with Gasteiger partial charge in [0.2, 0.25) is 11.1 Å². The number of hydrogen-bond acceptors (Lipinski definition) is 6. The Morgan fingerprint density at radius 1 is 1.53 bits per heavy atom. The van der Waals surface area contributed by atoms with E-state index in [0.717, 1.165) is 12.8 Å². The van der Waals surface area contributed by atoms with E-state index < -0.39 is 11.3 Å². The Hall–Kier alpha value is -1.64. The molecule has 1 aliphatic rings. The van der Waals surface area contributed by atoms with Gasteiger partial charge in [-0.2, -0.15) is 0 Å². The number of nitrogens with one attached hydrogen (secondary N) is 2. The summed E-state index contributed by atoms with van der Waals surface area (Å²) in [6.07, 6.45) is 2.14. The molecule has 8 nitrogen and oxygen atoms in total. The van der Waals surface area contributed by atoms with Crippen LogP contribution in [0.15, 0.2) is 5.16 Å². The summed E-state index contributed by atoms with van der Waals surface area (Å²) >= 11 is 1.25. The number of imide groups is 1. The maximum Gasteiger partial charge on any atom is 0.321 e. The second-order valence-electron chi connectivity index (χ2n) is 4.25. The van der Waals surface area contributed by atoms with Crippen LogP contribution in [0.4, 0.5) is 4.79 Å². The second-order valence-corrected chi connectivity index (χ2v) is 5.55. The van der Waals surface area contributed by atoms with E-state index >= 15 is 0 Å². The number of urea groups is 1. The first kappa shape index (κ1) is 13.8. The van der Waals surface area contributed by atoms with Gasteiger partial charge in [-0.1, -0.05) is 11.8 Å². The zero-order valence-electron chi connectivity index (χ0n) is 10.8. The normalized spacial score (nSPS) is 15.9. The van der Waals surface area contributed by atoms with Crippen molar-refractivity contribution in [3.8, 4) is 0 Å². The minimum absolute atomic E-state index is 0.358.